The Balaban J connectivity index is 1.21. The van der Waals surface area contributed by atoms with E-state index in [1.54, 1.807) is 0 Å². The Morgan fingerprint density at radius 1 is 0.259 bits per heavy atom. The third-order valence-corrected chi connectivity index (χ3v) is 11.6. The van der Waals surface area contributed by atoms with Gasteiger partial charge < -0.3 is 9.13 Å². The second kappa shape index (κ2) is 11.2. The molecule has 2 heteroatoms. The molecule has 0 spiro atoms. The quantitative estimate of drug-likeness (QED) is 0.164. The molecule has 0 aliphatic rings. The number of aromatic nitrogens is 2. The van der Waals surface area contributed by atoms with E-state index in [1.807, 2.05) is 0 Å². The highest BCUT2D eigenvalue weighted by Gasteiger charge is 2.22. The van der Waals surface area contributed by atoms with Crippen LogP contribution < -0.4 is 0 Å². The molecule has 0 N–H and O–H groups in total. The average molecular weight is 685 g/mol. The molecule has 0 amide bonds. The van der Waals surface area contributed by atoms with E-state index in [9.17, 15) is 0 Å². The van der Waals surface area contributed by atoms with E-state index in [0.717, 1.165) is 5.69 Å². The van der Waals surface area contributed by atoms with Gasteiger partial charge in [-0.2, -0.15) is 0 Å². The fraction of sp³-hybridized carbons (Fsp3) is 0. The van der Waals surface area contributed by atoms with Crippen LogP contribution in [0, 0.1) is 0 Å². The fourth-order valence-electron chi connectivity index (χ4n) is 9.21. The molecule has 0 aliphatic carbocycles. The molecule has 250 valence electrons. The van der Waals surface area contributed by atoms with Crippen LogP contribution in [0.15, 0.2) is 194 Å². The smallest absolute Gasteiger partial charge is 0.0548 e. The zero-order chi connectivity index (χ0) is 35.3. The van der Waals surface area contributed by atoms with Gasteiger partial charge in [0.05, 0.1) is 22.1 Å². The topological polar surface area (TPSA) is 9.86 Å². The summed E-state index contributed by atoms with van der Waals surface area (Å²) in [5.74, 6) is 0. The van der Waals surface area contributed by atoms with Crippen molar-refractivity contribution in [3.63, 3.8) is 0 Å². The number of hydrogen-bond donors (Lipinski definition) is 0. The van der Waals surface area contributed by atoms with Gasteiger partial charge in [0.25, 0.3) is 0 Å². The zero-order valence-corrected chi connectivity index (χ0v) is 29.4. The van der Waals surface area contributed by atoms with Crippen LogP contribution in [0.1, 0.15) is 0 Å². The third kappa shape index (κ3) is 4.17. The fourth-order valence-corrected chi connectivity index (χ4v) is 9.21. The highest BCUT2D eigenvalue weighted by atomic mass is 15.0. The summed E-state index contributed by atoms with van der Waals surface area (Å²) in [6.45, 7) is 0. The summed E-state index contributed by atoms with van der Waals surface area (Å²) in [4.78, 5) is 0. The second-order valence-electron chi connectivity index (χ2n) is 14.5. The summed E-state index contributed by atoms with van der Waals surface area (Å²) in [5, 5.41) is 15.1. The molecule has 0 fully saturated rings. The Kier molecular flexibility index (Phi) is 6.09. The van der Waals surface area contributed by atoms with Gasteiger partial charge in [-0.3, -0.25) is 0 Å². The normalized spacial score (nSPS) is 12.1. The number of hydrogen-bond acceptors (Lipinski definition) is 0. The van der Waals surface area contributed by atoms with Gasteiger partial charge in [-0.25, -0.2) is 0 Å². The lowest BCUT2D eigenvalue weighted by Gasteiger charge is -2.13. The van der Waals surface area contributed by atoms with Crippen LogP contribution in [0.4, 0.5) is 0 Å². The summed E-state index contributed by atoms with van der Waals surface area (Å²) in [6.07, 6.45) is 0. The highest BCUT2D eigenvalue weighted by Crippen LogP contribution is 2.44. The van der Waals surface area contributed by atoms with E-state index in [4.69, 9.17) is 0 Å². The Hall–Kier alpha value is -7.16. The minimum Gasteiger partial charge on any atom is -0.309 e. The molecule has 0 unspecified atom stereocenters. The summed E-state index contributed by atoms with van der Waals surface area (Å²) in [6, 6.07) is 71.7. The Bertz CT molecular complexity index is 3510. The maximum Gasteiger partial charge on any atom is 0.0548 e. The van der Waals surface area contributed by atoms with Crippen LogP contribution in [0.25, 0.3) is 109 Å². The molecule has 0 saturated carbocycles. The van der Waals surface area contributed by atoms with Gasteiger partial charge in [-0.1, -0.05) is 140 Å². The summed E-state index contributed by atoms with van der Waals surface area (Å²) < 4.78 is 4.94. The molecule has 0 saturated heterocycles. The van der Waals surface area contributed by atoms with Crippen molar-refractivity contribution in [1.82, 2.24) is 9.13 Å². The average Bonchev–Trinajstić information content (AvgIpc) is 3.75. The van der Waals surface area contributed by atoms with Crippen LogP contribution in [-0.4, -0.2) is 9.13 Å². The summed E-state index contributed by atoms with van der Waals surface area (Å²) in [5.41, 5.74) is 9.61. The lowest BCUT2D eigenvalue weighted by atomic mass is 9.93. The molecule has 0 atom stereocenters. The van der Waals surface area contributed by atoms with Gasteiger partial charge in [0.2, 0.25) is 0 Å². The standard InChI is InChI=1S/C52H32N2/c1-3-13-35-29-39(24-21-33(35)11-1)53-47-20-10-9-19-44(47)51-48(53)27-28-49-52(51)45-26-23-38(32-50(45)54(49)40-25-22-34-12-2-4-14-36(34)30-40)46-31-37-15-5-6-16-41(37)42-17-7-8-18-43(42)46/h1-32H. The predicted molar refractivity (Wildman–Crippen MR) is 231 cm³/mol. The van der Waals surface area contributed by atoms with Crippen molar-refractivity contribution in [1.29, 1.82) is 0 Å². The minimum atomic E-state index is 1.16. The molecule has 12 aromatic rings. The highest BCUT2D eigenvalue weighted by molar-refractivity contribution is 6.29. The zero-order valence-electron chi connectivity index (χ0n) is 29.4. The van der Waals surface area contributed by atoms with Crippen molar-refractivity contribution in [2.75, 3.05) is 0 Å². The number of rotatable bonds is 3. The number of benzene rings is 10. The first-order chi connectivity index (χ1) is 26.8. The van der Waals surface area contributed by atoms with E-state index in [-0.39, 0.29) is 0 Å². The van der Waals surface area contributed by atoms with Gasteiger partial charge in [-0.15, -0.1) is 0 Å². The van der Waals surface area contributed by atoms with E-state index >= 15 is 0 Å². The first kappa shape index (κ1) is 29.4. The van der Waals surface area contributed by atoms with Crippen LogP contribution in [0.5, 0.6) is 0 Å². The summed E-state index contributed by atoms with van der Waals surface area (Å²) >= 11 is 0. The second-order valence-corrected chi connectivity index (χ2v) is 14.5. The van der Waals surface area contributed by atoms with E-state index < -0.39 is 0 Å². The predicted octanol–water partition coefficient (Wildman–Crippen LogP) is 14.2. The number of nitrogens with zero attached hydrogens (tertiary/aromatic N) is 2. The van der Waals surface area contributed by atoms with E-state index in [0.29, 0.717) is 0 Å². The monoisotopic (exact) mass is 684 g/mol. The molecule has 2 heterocycles. The van der Waals surface area contributed by atoms with Crippen molar-refractivity contribution in [3.8, 4) is 22.5 Å². The molecule has 2 nitrogen and oxygen atoms in total. The van der Waals surface area contributed by atoms with Gasteiger partial charge >= 0.3 is 0 Å². The SMILES string of the molecule is c1ccc2cc(-n3c4ccccc4c4c5c6ccc(-c7cc8ccccc8c8ccccc78)cc6n(-c6ccc7ccccc7c6)c5ccc43)ccc2c1. The minimum absolute atomic E-state index is 1.16. The lowest BCUT2D eigenvalue weighted by molar-refractivity contribution is 1.18. The molecule has 2 aromatic heterocycles. The molecule has 0 bridgehead atoms. The first-order valence-electron chi connectivity index (χ1n) is 18.7. The Morgan fingerprint density at radius 2 is 0.759 bits per heavy atom. The molecule has 10 aromatic carbocycles. The van der Waals surface area contributed by atoms with E-state index in [2.05, 4.69) is 203 Å². The summed E-state index contributed by atoms with van der Waals surface area (Å²) in [7, 11) is 0. The molecular weight excluding hydrogens is 653 g/mol. The van der Waals surface area contributed by atoms with Gasteiger partial charge in [0.1, 0.15) is 0 Å². The van der Waals surface area contributed by atoms with Gasteiger partial charge in [-0.05, 0) is 109 Å². The van der Waals surface area contributed by atoms with Crippen LogP contribution in [-0.2, 0) is 0 Å². The van der Waals surface area contributed by atoms with Gasteiger partial charge in [0, 0.05) is 32.9 Å². The number of para-hydroxylation sites is 1. The van der Waals surface area contributed by atoms with Crippen LogP contribution in [0.3, 0.4) is 0 Å². The maximum atomic E-state index is 2.49. The van der Waals surface area contributed by atoms with Crippen molar-refractivity contribution >= 4 is 86.7 Å². The first-order valence-corrected chi connectivity index (χ1v) is 18.7. The number of fused-ring (bicyclic) bond motifs is 12. The Labute approximate surface area is 311 Å². The van der Waals surface area contributed by atoms with Crippen LogP contribution >= 0.6 is 0 Å². The lowest BCUT2D eigenvalue weighted by Crippen LogP contribution is -1.95. The largest absolute Gasteiger partial charge is 0.309 e. The molecule has 0 aliphatic heterocycles. The van der Waals surface area contributed by atoms with Crippen molar-refractivity contribution in [3.05, 3.63) is 194 Å². The molecule has 12 rings (SSSR count). The maximum absolute atomic E-state index is 2.49. The molecular formula is C52H32N2. The molecule has 54 heavy (non-hydrogen) atoms. The molecule has 0 radical (unpaired) electrons. The van der Waals surface area contributed by atoms with Crippen molar-refractivity contribution in [2.24, 2.45) is 0 Å². The van der Waals surface area contributed by atoms with Crippen molar-refractivity contribution in [2.45, 2.75) is 0 Å². The van der Waals surface area contributed by atoms with Crippen LogP contribution in [0.2, 0.25) is 0 Å². The van der Waals surface area contributed by atoms with Gasteiger partial charge in [0.15, 0.2) is 0 Å². The Morgan fingerprint density at radius 3 is 1.43 bits per heavy atom. The van der Waals surface area contributed by atoms with Crippen molar-refractivity contribution < 1.29 is 0 Å². The van der Waals surface area contributed by atoms with E-state index in [1.165, 1.54) is 104 Å². The third-order valence-electron chi connectivity index (χ3n) is 11.6.